The van der Waals surface area contributed by atoms with Crippen LogP contribution in [0, 0.1) is 5.92 Å². The maximum Gasteiger partial charge on any atom is 0.225 e. The number of hydrogen-bond donors (Lipinski definition) is 2. The SMILES string of the molecule is CC(C)C(=O)N1CC=C(c2cnc(N)c(-c3nc4cccnc4[nH]3)n2)CC1. The molecule has 0 saturated heterocycles. The molecule has 0 spiro atoms. The highest BCUT2D eigenvalue weighted by Crippen LogP contribution is 2.26. The second kappa shape index (κ2) is 6.79. The van der Waals surface area contributed by atoms with Crippen LogP contribution in [0.2, 0.25) is 0 Å². The predicted octanol–water partition coefficient (Wildman–Crippen LogP) is 2.27. The maximum atomic E-state index is 12.1. The molecular weight excluding hydrogens is 342 g/mol. The fraction of sp³-hybridized carbons (Fsp3) is 0.316. The number of fused-ring (bicyclic) bond motifs is 1. The normalized spacial score (nSPS) is 14.6. The Morgan fingerprint density at radius 3 is 2.85 bits per heavy atom. The van der Waals surface area contributed by atoms with Crippen LogP contribution in [0.25, 0.3) is 28.3 Å². The van der Waals surface area contributed by atoms with Gasteiger partial charge in [0.2, 0.25) is 5.91 Å². The molecular formula is C19H21N7O. The van der Waals surface area contributed by atoms with E-state index in [4.69, 9.17) is 5.73 Å². The minimum absolute atomic E-state index is 0.00422. The molecule has 1 aliphatic heterocycles. The van der Waals surface area contributed by atoms with Crippen LogP contribution in [-0.4, -0.2) is 48.8 Å². The third kappa shape index (κ3) is 3.25. The van der Waals surface area contributed by atoms with Gasteiger partial charge in [0.1, 0.15) is 11.2 Å². The van der Waals surface area contributed by atoms with Crippen molar-refractivity contribution in [2.75, 3.05) is 18.8 Å². The molecule has 138 valence electrons. The van der Waals surface area contributed by atoms with Crippen molar-refractivity contribution in [3.8, 4) is 11.5 Å². The summed E-state index contributed by atoms with van der Waals surface area (Å²) in [5, 5.41) is 0. The number of aromatic amines is 1. The van der Waals surface area contributed by atoms with Crippen molar-refractivity contribution >= 4 is 28.5 Å². The first-order chi connectivity index (χ1) is 13.0. The molecule has 1 aliphatic rings. The molecule has 27 heavy (non-hydrogen) atoms. The van der Waals surface area contributed by atoms with Gasteiger partial charge in [-0.25, -0.2) is 19.9 Å². The van der Waals surface area contributed by atoms with Gasteiger partial charge < -0.3 is 15.6 Å². The summed E-state index contributed by atoms with van der Waals surface area (Å²) < 4.78 is 0. The minimum atomic E-state index is 0.00422. The Morgan fingerprint density at radius 2 is 2.15 bits per heavy atom. The fourth-order valence-corrected chi connectivity index (χ4v) is 3.15. The molecule has 0 aromatic carbocycles. The number of rotatable bonds is 3. The third-order valence-electron chi connectivity index (χ3n) is 4.62. The van der Waals surface area contributed by atoms with Crippen LogP contribution in [0.15, 0.2) is 30.6 Å². The number of nitrogens with zero attached hydrogens (tertiary/aromatic N) is 5. The largest absolute Gasteiger partial charge is 0.382 e. The first kappa shape index (κ1) is 17.1. The quantitative estimate of drug-likeness (QED) is 0.738. The second-order valence-corrected chi connectivity index (χ2v) is 6.86. The Hall–Kier alpha value is -3.29. The van der Waals surface area contributed by atoms with Gasteiger partial charge in [0.15, 0.2) is 17.3 Å². The van der Waals surface area contributed by atoms with Crippen molar-refractivity contribution in [1.29, 1.82) is 0 Å². The van der Waals surface area contributed by atoms with Gasteiger partial charge in [-0.2, -0.15) is 0 Å². The summed E-state index contributed by atoms with van der Waals surface area (Å²) in [4.78, 5) is 34.9. The Morgan fingerprint density at radius 1 is 1.30 bits per heavy atom. The van der Waals surface area contributed by atoms with Gasteiger partial charge in [0.05, 0.1) is 11.9 Å². The number of carbonyl (C=O) groups excluding carboxylic acids is 1. The van der Waals surface area contributed by atoms with Gasteiger partial charge >= 0.3 is 0 Å². The van der Waals surface area contributed by atoms with Crippen LogP contribution >= 0.6 is 0 Å². The molecule has 0 bridgehead atoms. The van der Waals surface area contributed by atoms with Gasteiger partial charge in [-0.15, -0.1) is 0 Å². The number of nitrogens with two attached hydrogens (primary N) is 1. The average Bonchev–Trinajstić information content (AvgIpc) is 3.12. The lowest BCUT2D eigenvalue weighted by molar-refractivity contribution is -0.134. The number of nitrogens with one attached hydrogen (secondary N) is 1. The topological polar surface area (TPSA) is 114 Å². The second-order valence-electron chi connectivity index (χ2n) is 6.86. The van der Waals surface area contributed by atoms with E-state index in [-0.39, 0.29) is 11.8 Å². The van der Waals surface area contributed by atoms with Gasteiger partial charge in [0, 0.05) is 25.2 Å². The van der Waals surface area contributed by atoms with Crippen LogP contribution < -0.4 is 5.73 Å². The Bertz CT molecular complexity index is 1000. The number of nitrogen functional groups attached to an aromatic ring is 1. The van der Waals surface area contributed by atoms with E-state index in [1.807, 2.05) is 37.0 Å². The van der Waals surface area contributed by atoms with Crippen LogP contribution in [0.3, 0.4) is 0 Å². The van der Waals surface area contributed by atoms with Crippen LogP contribution in [-0.2, 0) is 4.79 Å². The van der Waals surface area contributed by atoms with Crippen molar-refractivity contribution in [2.24, 2.45) is 5.92 Å². The molecule has 0 atom stereocenters. The lowest BCUT2D eigenvalue weighted by Gasteiger charge is -2.27. The highest BCUT2D eigenvalue weighted by atomic mass is 16.2. The molecule has 1 amide bonds. The molecule has 3 N–H and O–H groups in total. The first-order valence-corrected chi connectivity index (χ1v) is 8.94. The number of amides is 1. The summed E-state index contributed by atoms with van der Waals surface area (Å²) in [6.07, 6.45) is 6.14. The van der Waals surface area contributed by atoms with Gasteiger partial charge in [0.25, 0.3) is 0 Å². The number of pyridine rings is 1. The lowest BCUT2D eigenvalue weighted by Crippen LogP contribution is -2.37. The highest BCUT2D eigenvalue weighted by molar-refractivity contribution is 5.80. The van der Waals surface area contributed by atoms with E-state index < -0.39 is 0 Å². The number of aromatic nitrogens is 5. The summed E-state index contributed by atoms with van der Waals surface area (Å²) in [5.74, 6) is 1.03. The van der Waals surface area contributed by atoms with Crippen molar-refractivity contribution in [3.05, 3.63) is 36.3 Å². The van der Waals surface area contributed by atoms with Crippen molar-refractivity contribution in [2.45, 2.75) is 20.3 Å². The van der Waals surface area contributed by atoms with E-state index >= 15 is 0 Å². The smallest absolute Gasteiger partial charge is 0.225 e. The molecule has 0 saturated carbocycles. The summed E-state index contributed by atoms with van der Waals surface area (Å²) in [6, 6.07) is 3.70. The van der Waals surface area contributed by atoms with E-state index in [1.165, 1.54) is 0 Å². The molecule has 3 aromatic heterocycles. The van der Waals surface area contributed by atoms with Crippen molar-refractivity contribution in [3.63, 3.8) is 0 Å². The Balaban J connectivity index is 1.64. The lowest BCUT2D eigenvalue weighted by atomic mass is 10.0. The first-order valence-electron chi connectivity index (χ1n) is 8.94. The van der Waals surface area contributed by atoms with E-state index in [2.05, 4.69) is 24.9 Å². The molecule has 4 heterocycles. The summed E-state index contributed by atoms with van der Waals surface area (Å²) >= 11 is 0. The molecule has 0 fully saturated rings. The molecule has 0 unspecified atom stereocenters. The zero-order valence-corrected chi connectivity index (χ0v) is 15.3. The number of H-pyrrole nitrogens is 1. The third-order valence-corrected chi connectivity index (χ3v) is 4.62. The molecule has 0 aliphatic carbocycles. The molecule has 8 heteroatoms. The zero-order valence-electron chi connectivity index (χ0n) is 15.3. The van der Waals surface area contributed by atoms with Crippen LogP contribution in [0.5, 0.6) is 0 Å². The number of hydrogen-bond acceptors (Lipinski definition) is 6. The molecule has 0 radical (unpaired) electrons. The van der Waals surface area contributed by atoms with Crippen LogP contribution in [0.4, 0.5) is 5.82 Å². The summed E-state index contributed by atoms with van der Waals surface area (Å²) in [5.41, 5.74) is 9.79. The standard InChI is InChI=1S/C19H21N7O/c1-11(2)19(27)26-8-5-12(6-9-26)14-10-22-16(20)15(23-14)18-24-13-4-3-7-21-17(13)25-18/h3-5,7,10-11H,6,8-9H2,1-2H3,(H2,20,22)(H,21,24,25). The summed E-state index contributed by atoms with van der Waals surface area (Å²) in [6.45, 7) is 5.10. The predicted molar refractivity (Wildman–Crippen MR) is 103 cm³/mol. The summed E-state index contributed by atoms with van der Waals surface area (Å²) in [7, 11) is 0. The number of imidazole rings is 1. The minimum Gasteiger partial charge on any atom is -0.382 e. The average molecular weight is 363 g/mol. The number of anilines is 1. The van der Waals surface area contributed by atoms with E-state index in [0.717, 1.165) is 23.2 Å². The van der Waals surface area contributed by atoms with Gasteiger partial charge in [-0.05, 0) is 24.1 Å². The zero-order chi connectivity index (χ0) is 19.0. The van der Waals surface area contributed by atoms with E-state index in [9.17, 15) is 4.79 Å². The van der Waals surface area contributed by atoms with Gasteiger partial charge in [-0.3, -0.25) is 4.79 Å². The van der Waals surface area contributed by atoms with E-state index in [1.54, 1.807) is 12.4 Å². The molecule has 3 aromatic rings. The van der Waals surface area contributed by atoms with Crippen molar-refractivity contribution in [1.82, 2.24) is 29.8 Å². The van der Waals surface area contributed by atoms with Crippen LogP contribution in [0.1, 0.15) is 26.0 Å². The monoisotopic (exact) mass is 363 g/mol. The Labute approximate surface area is 156 Å². The van der Waals surface area contributed by atoms with E-state index in [0.29, 0.717) is 36.1 Å². The maximum absolute atomic E-state index is 12.1. The van der Waals surface area contributed by atoms with Crippen molar-refractivity contribution < 1.29 is 4.79 Å². The Kier molecular flexibility index (Phi) is 4.31. The number of carbonyl (C=O) groups is 1. The molecule has 4 rings (SSSR count). The highest BCUT2D eigenvalue weighted by Gasteiger charge is 2.21. The van der Waals surface area contributed by atoms with Gasteiger partial charge in [-0.1, -0.05) is 19.9 Å². The molecule has 8 nitrogen and oxygen atoms in total. The fourth-order valence-electron chi connectivity index (χ4n) is 3.15.